The number of benzene rings is 1. The Morgan fingerprint density at radius 1 is 1.08 bits per heavy atom. The van der Waals surface area contributed by atoms with Gasteiger partial charge in [-0.15, -0.1) is 0 Å². The number of anilines is 1. The van der Waals surface area contributed by atoms with Crippen LogP contribution in [0.15, 0.2) is 48.9 Å². The topological polar surface area (TPSA) is 66.0 Å². The monoisotopic (exact) mass is 338 g/mol. The average molecular weight is 338 g/mol. The van der Waals surface area contributed by atoms with Crippen LogP contribution in [0.1, 0.15) is 18.9 Å². The zero-order chi connectivity index (χ0) is 17.2. The van der Waals surface area contributed by atoms with Gasteiger partial charge in [-0.1, -0.05) is 18.2 Å². The van der Waals surface area contributed by atoms with Gasteiger partial charge in [-0.25, -0.2) is 9.37 Å². The fourth-order valence-electron chi connectivity index (χ4n) is 3.17. The summed E-state index contributed by atoms with van der Waals surface area (Å²) in [5.41, 5.74) is 8.83. The van der Waals surface area contributed by atoms with E-state index in [1.807, 2.05) is 23.1 Å². The molecule has 2 N–H and O–H groups in total. The van der Waals surface area contributed by atoms with Crippen LogP contribution in [0.2, 0.25) is 0 Å². The minimum Gasteiger partial charge on any atom is -0.383 e. The van der Waals surface area contributed by atoms with Gasteiger partial charge in [0.25, 0.3) is 0 Å². The van der Waals surface area contributed by atoms with Crippen LogP contribution in [0.4, 0.5) is 10.2 Å². The molecule has 3 aromatic rings. The van der Waals surface area contributed by atoms with Crippen LogP contribution >= 0.6 is 0 Å². The van der Waals surface area contributed by atoms with Crippen LogP contribution in [0.25, 0.3) is 22.3 Å². The molecule has 1 saturated heterocycles. The third-order valence-corrected chi connectivity index (χ3v) is 4.58. The van der Waals surface area contributed by atoms with Gasteiger partial charge in [0.15, 0.2) is 0 Å². The fraction of sp³-hybridized carbons (Fsp3) is 0.263. The van der Waals surface area contributed by atoms with Crippen molar-refractivity contribution >= 4 is 5.82 Å². The second kappa shape index (κ2) is 6.64. The van der Waals surface area contributed by atoms with E-state index < -0.39 is 0 Å². The van der Waals surface area contributed by atoms with E-state index in [0.717, 1.165) is 37.2 Å². The molecule has 1 fully saturated rings. The molecule has 0 spiro atoms. The number of hydrogen-bond donors (Lipinski definition) is 1. The highest BCUT2D eigenvalue weighted by molar-refractivity contribution is 5.79. The van der Waals surface area contributed by atoms with Crippen molar-refractivity contribution in [3.05, 3.63) is 54.7 Å². The maximum atomic E-state index is 14.1. The van der Waals surface area contributed by atoms with Gasteiger partial charge in [-0.3, -0.25) is 4.68 Å². The van der Waals surface area contributed by atoms with Crippen molar-refractivity contribution in [3.63, 3.8) is 0 Å². The molecule has 2 aromatic heterocycles. The third kappa shape index (κ3) is 3.13. The van der Waals surface area contributed by atoms with E-state index in [1.165, 1.54) is 6.07 Å². The Bertz CT molecular complexity index is 887. The van der Waals surface area contributed by atoms with E-state index in [-0.39, 0.29) is 5.82 Å². The lowest BCUT2D eigenvalue weighted by Gasteiger charge is -2.22. The van der Waals surface area contributed by atoms with Crippen molar-refractivity contribution < 1.29 is 9.13 Å². The van der Waals surface area contributed by atoms with Gasteiger partial charge in [0, 0.05) is 47.9 Å². The summed E-state index contributed by atoms with van der Waals surface area (Å²) in [7, 11) is 0. The van der Waals surface area contributed by atoms with Gasteiger partial charge < -0.3 is 10.5 Å². The first-order valence-electron chi connectivity index (χ1n) is 8.35. The van der Waals surface area contributed by atoms with Gasteiger partial charge in [-0.05, 0) is 25.0 Å². The summed E-state index contributed by atoms with van der Waals surface area (Å²) in [6.45, 7) is 1.53. The van der Waals surface area contributed by atoms with Crippen molar-refractivity contribution in [2.45, 2.75) is 18.9 Å². The van der Waals surface area contributed by atoms with E-state index in [4.69, 9.17) is 10.5 Å². The minimum absolute atomic E-state index is 0.311. The number of hydrogen-bond acceptors (Lipinski definition) is 4. The summed E-state index contributed by atoms with van der Waals surface area (Å²) >= 11 is 0. The second-order valence-corrected chi connectivity index (χ2v) is 6.19. The molecule has 0 saturated carbocycles. The standard InChI is InChI=1S/C19H19FN4O/c20-18-4-2-1-3-16(18)17-9-13(10-22-19(17)21)14-11-23-24(12-14)15-5-7-25-8-6-15/h1-4,9-12,15H,5-8H2,(H2,21,22). The number of nitrogens with two attached hydrogens (primary N) is 1. The molecule has 0 bridgehead atoms. The highest BCUT2D eigenvalue weighted by Crippen LogP contribution is 2.31. The zero-order valence-electron chi connectivity index (χ0n) is 13.7. The van der Waals surface area contributed by atoms with Crippen molar-refractivity contribution in [3.8, 4) is 22.3 Å². The third-order valence-electron chi connectivity index (χ3n) is 4.58. The van der Waals surface area contributed by atoms with Crippen LogP contribution in [-0.4, -0.2) is 28.0 Å². The maximum Gasteiger partial charge on any atom is 0.131 e. The van der Waals surface area contributed by atoms with Crippen molar-refractivity contribution in [1.29, 1.82) is 0 Å². The van der Waals surface area contributed by atoms with E-state index in [0.29, 0.717) is 23.0 Å². The maximum absolute atomic E-state index is 14.1. The van der Waals surface area contributed by atoms with E-state index in [9.17, 15) is 4.39 Å². The summed E-state index contributed by atoms with van der Waals surface area (Å²) in [6.07, 6.45) is 7.44. The van der Waals surface area contributed by atoms with E-state index in [1.54, 1.807) is 24.4 Å². The summed E-state index contributed by atoms with van der Waals surface area (Å²) in [6, 6.07) is 8.79. The molecule has 4 rings (SSSR count). The number of ether oxygens (including phenoxy) is 1. The highest BCUT2D eigenvalue weighted by atomic mass is 19.1. The largest absolute Gasteiger partial charge is 0.383 e. The molecule has 0 radical (unpaired) electrons. The molecule has 5 nitrogen and oxygen atoms in total. The van der Waals surface area contributed by atoms with E-state index >= 15 is 0 Å². The molecule has 1 aromatic carbocycles. The first-order chi connectivity index (χ1) is 12.2. The lowest BCUT2D eigenvalue weighted by Crippen LogP contribution is -2.19. The molecule has 25 heavy (non-hydrogen) atoms. The van der Waals surface area contributed by atoms with E-state index in [2.05, 4.69) is 10.1 Å². The Hall–Kier alpha value is -2.73. The zero-order valence-corrected chi connectivity index (χ0v) is 13.7. The molecule has 1 aliphatic rings. The van der Waals surface area contributed by atoms with Crippen molar-refractivity contribution in [2.24, 2.45) is 0 Å². The number of halogens is 1. The van der Waals surface area contributed by atoms with Crippen LogP contribution in [0.5, 0.6) is 0 Å². The predicted octanol–water partition coefficient (Wildman–Crippen LogP) is 3.68. The lowest BCUT2D eigenvalue weighted by atomic mass is 10.0. The summed E-state index contributed by atoms with van der Waals surface area (Å²) in [5.74, 6) is -0.00304. The number of rotatable bonds is 3. The normalized spacial score (nSPS) is 15.4. The Morgan fingerprint density at radius 2 is 1.88 bits per heavy atom. The molecule has 0 atom stereocenters. The summed E-state index contributed by atoms with van der Waals surface area (Å²) in [4.78, 5) is 4.25. The van der Waals surface area contributed by atoms with Gasteiger partial charge in [0.2, 0.25) is 0 Å². The molecule has 128 valence electrons. The highest BCUT2D eigenvalue weighted by Gasteiger charge is 2.17. The molecule has 0 amide bonds. The molecule has 0 aliphatic carbocycles. The summed E-state index contributed by atoms with van der Waals surface area (Å²) in [5, 5.41) is 4.49. The van der Waals surface area contributed by atoms with Crippen molar-refractivity contribution in [1.82, 2.24) is 14.8 Å². The summed E-state index contributed by atoms with van der Waals surface area (Å²) < 4.78 is 21.5. The van der Waals surface area contributed by atoms with Gasteiger partial charge >= 0.3 is 0 Å². The smallest absolute Gasteiger partial charge is 0.131 e. The van der Waals surface area contributed by atoms with Gasteiger partial charge in [-0.2, -0.15) is 5.10 Å². The fourth-order valence-corrected chi connectivity index (χ4v) is 3.17. The Labute approximate surface area is 145 Å². The molecular formula is C19H19FN4O. The van der Waals surface area contributed by atoms with Gasteiger partial charge in [0.1, 0.15) is 11.6 Å². The molecule has 1 aliphatic heterocycles. The Balaban J connectivity index is 1.69. The molecular weight excluding hydrogens is 319 g/mol. The molecule has 3 heterocycles. The average Bonchev–Trinajstić information content (AvgIpc) is 3.14. The second-order valence-electron chi connectivity index (χ2n) is 6.19. The van der Waals surface area contributed by atoms with Crippen molar-refractivity contribution in [2.75, 3.05) is 18.9 Å². The first-order valence-corrected chi connectivity index (χ1v) is 8.35. The number of nitrogen functional groups attached to an aromatic ring is 1. The first kappa shape index (κ1) is 15.8. The molecule has 6 heteroatoms. The van der Waals surface area contributed by atoms with Crippen LogP contribution in [-0.2, 0) is 4.74 Å². The lowest BCUT2D eigenvalue weighted by molar-refractivity contribution is 0.0662. The predicted molar refractivity (Wildman–Crippen MR) is 94.4 cm³/mol. The number of pyridine rings is 1. The Kier molecular flexibility index (Phi) is 4.19. The molecule has 0 unspecified atom stereocenters. The Morgan fingerprint density at radius 3 is 2.68 bits per heavy atom. The minimum atomic E-state index is -0.314. The number of aromatic nitrogens is 3. The van der Waals surface area contributed by atoms with Gasteiger partial charge in [0.05, 0.1) is 12.2 Å². The van der Waals surface area contributed by atoms with Crippen LogP contribution in [0.3, 0.4) is 0 Å². The van der Waals surface area contributed by atoms with Crippen LogP contribution < -0.4 is 5.73 Å². The number of nitrogens with zero attached hydrogens (tertiary/aromatic N) is 3. The SMILES string of the molecule is Nc1ncc(-c2cnn(C3CCOCC3)c2)cc1-c1ccccc1F. The van der Waals surface area contributed by atoms with Crippen LogP contribution in [0, 0.1) is 5.82 Å². The quantitative estimate of drug-likeness (QED) is 0.791.